The lowest BCUT2D eigenvalue weighted by molar-refractivity contribution is 0.596. The first-order valence-electron chi connectivity index (χ1n) is 5.52. The van der Waals surface area contributed by atoms with Crippen LogP contribution < -0.4 is 4.72 Å². The van der Waals surface area contributed by atoms with Crippen LogP contribution in [0.4, 0.5) is 5.95 Å². The van der Waals surface area contributed by atoms with Crippen molar-refractivity contribution in [2.45, 2.75) is 11.9 Å². The second kappa shape index (κ2) is 5.09. The molecule has 0 radical (unpaired) electrons. The molecule has 0 atom stereocenters. The van der Waals surface area contributed by atoms with E-state index in [4.69, 9.17) is 23.2 Å². The fourth-order valence-corrected chi connectivity index (χ4v) is 4.36. The minimum absolute atomic E-state index is 0.117. The lowest BCUT2D eigenvalue weighted by Crippen LogP contribution is -2.17. The zero-order chi connectivity index (χ0) is 15.2. The average Bonchev–Trinajstić information content (AvgIpc) is 2.85. The fraction of sp³-hybridized carbons (Fsp3) is 0.100. The van der Waals surface area contributed by atoms with Crippen LogP contribution >= 0.6 is 34.5 Å². The molecule has 3 rings (SSSR count). The number of aromatic nitrogens is 4. The number of aryl methyl sites for hydroxylation is 1. The summed E-state index contributed by atoms with van der Waals surface area (Å²) in [5.41, 5.74) is 0.535. The second-order valence-electron chi connectivity index (χ2n) is 4.02. The first kappa shape index (κ1) is 14.5. The monoisotopic (exact) mass is 363 g/mol. The zero-order valence-electron chi connectivity index (χ0n) is 10.4. The summed E-state index contributed by atoms with van der Waals surface area (Å²) in [7, 11) is -3.99. The van der Waals surface area contributed by atoms with Crippen LogP contribution in [0.25, 0.3) is 4.96 Å². The van der Waals surface area contributed by atoms with Crippen molar-refractivity contribution in [2.24, 2.45) is 0 Å². The minimum Gasteiger partial charge on any atom is -0.278 e. The van der Waals surface area contributed by atoms with E-state index in [-0.39, 0.29) is 21.3 Å². The second-order valence-corrected chi connectivity index (χ2v) is 7.24. The van der Waals surface area contributed by atoms with Crippen LogP contribution in [0.1, 0.15) is 5.69 Å². The molecule has 0 amide bonds. The Balaban J connectivity index is 2.08. The largest absolute Gasteiger partial charge is 0.283 e. The summed E-state index contributed by atoms with van der Waals surface area (Å²) < 4.78 is 28.5. The van der Waals surface area contributed by atoms with Crippen LogP contribution in [0.5, 0.6) is 0 Å². The molecule has 0 aromatic carbocycles. The van der Waals surface area contributed by atoms with Gasteiger partial charge in [0, 0.05) is 17.3 Å². The number of imidazole rings is 1. The molecule has 7 nitrogen and oxygen atoms in total. The Morgan fingerprint density at radius 2 is 2.05 bits per heavy atom. The summed E-state index contributed by atoms with van der Waals surface area (Å²) in [6.07, 6.45) is 1.57. The fourth-order valence-electron chi connectivity index (χ4n) is 1.72. The van der Waals surface area contributed by atoms with Crippen molar-refractivity contribution in [3.63, 3.8) is 0 Å². The number of thiazole rings is 1. The van der Waals surface area contributed by atoms with Crippen molar-refractivity contribution < 1.29 is 8.42 Å². The SMILES string of the molecule is Cc1cc(Cl)nc(NS(=O)(=O)c2c(Cl)nc3sccn23)n1. The topological polar surface area (TPSA) is 89.2 Å². The Morgan fingerprint density at radius 1 is 1.29 bits per heavy atom. The standard InChI is InChI=1S/C10H7Cl2N5O2S2/c1-5-4-6(11)14-9(13-5)16-21(18,19)8-7(12)15-10-17(8)2-3-20-10/h2-4H,1H3,(H,13,14,16). The van der Waals surface area contributed by atoms with E-state index in [2.05, 4.69) is 19.7 Å². The molecule has 3 aromatic heterocycles. The number of hydrogen-bond acceptors (Lipinski definition) is 6. The third kappa shape index (κ3) is 2.69. The van der Waals surface area contributed by atoms with E-state index < -0.39 is 10.0 Å². The molecule has 1 N–H and O–H groups in total. The van der Waals surface area contributed by atoms with Crippen LogP contribution in [-0.2, 0) is 10.0 Å². The highest BCUT2D eigenvalue weighted by molar-refractivity contribution is 7.92. The molecule has 0 aliphatic carbocycles. The maximum Gasteiger partial charge on any atom is 0.283 e. The van der Waals surface area contributed by atoms with Crippen molar-refractivity contribution in [3.05, 3.63) is 33.6 Å². The van der Waals surface area contributed by atoms with Crippen LogP contribution in [0.2, 0.25) is 10.3 Å². The van der Waals surface area contributed by atoms with E-state index in [0.29, 0.717) is 10.7 Å². The molecule has 0 fully saturated rings. The Hall–Kier alpha value is -1.42. The van der Waals surface area contributed by atoms with Gasteiger partial charge in [-0.1, -0.05) is 23.2 Å². The van der Waals surface area contributed by atoms with Crippen molar-refractivity contribution in [3.8, 4) is 0 Å². The quantitative estimate of drug-likeness (QED) is 0.722. The summed E-state index contributed by atoms with van der Waals surface area (Å²) in [5, 5.41) is 1.56. The van der Waals surface area contributed by atoms with Gasteiger partial charge < -0.3 is 0 Å². The summed E-state index contributed by atoms with van der Waals surface area (Å²) in [5.74, 6) is -0.124. The molecule has 0 bridgehead atoms. The molecule has 3 aromatic rings. The van der Waals surface area contributed by atoms with Crippen molar-refractivity contribution >= 4 is 55.5 Å². The number of rotatable bonds is 3. The van der Waals surface area contributed by atoms with Crippen molar-refractivity contribution in [1.29, 1.82) is 0 Å². The van der Waals surface area contributed by atoms with E-state index in [1.165, 1.54) is 21.8 Å². The van der Waals surface area contributed by atoms with Crippen molar-refractivity contribution in [2.75, 3.05) is 4.72 Å². The van der Waals surface area contributed by atoms with Crippen molar-refractivity contribution in [1.82, 2.24) is 19.4 Å². The van der Waals surface area contributed by atoms with Gasteiger partial charge in [-0.2, -0.15) is 8.42 Å². The number of fused-ring (bicyclic) bond motifs is 1. The lowest BCUT2D eigenvalue weighted by Gasteiger charge is -2.06. The van der Waals surface area contributed by atoms with Crippen LogP contribution in [0.15, 0.2) is 22.7 Å². The average molecular weight is 364 g/mol. The van der Waals surface area contributed by atoms with Crippen LogP contribution in [-0.4, -0.2) is 27.8 Å². The molecule has 11 heteroatoms. The summed E-state index contributed by atoms with van der Waals surface area (Å²) >= 11 is 13.0. The minimum atomic E-state index is -3.99. The number of hydrogen-bond donors (Lipinski definition) is 1. The maximum atomic E-state index is 12.4. The maximum absolute atomic E-state index is 12.4. The molecule has 0 spiro atoms. The van der Waals surface area contributed by atoms with Gasteiger partial charge in [-0.25, -0.2) is 19.7 Å². The summed E-state index contributed by atoms with van der Waals surface area (Å²) in [6, 6.07) is 1.52. The predicted octanol–water partition coefficient (Wildman–Crippen LogP) is 2.60. The van der Waals surface area contributed by atoms with E-state index in [9.17, 15) is 8.42 Å². The highest BCUT2D eigenvalue weighted by atomic mass is 35.5. The Kier molecular flexibility index (Phi) is 3.52. The van der Waals surface area contributed by atoms with Crippen LogP contribution in [0, 0.1) is 6.92 Å². The predicted molar refractivity (Wildman–Crippen MR) is 80.7 cm³/mol. The molecule has 110 valence electrons. The van der Waals surface area contributed by atoms with Gasteiger partial charge in [-0.05, 0) is 13.0 Å². The van der Waals surface area contributed by atoms with Gasteiger partial charge in [0.15, 0.2) is 15.1 Å². The van der Waals surface area contributed by atoms with Gasteiger partial charge in [0.05, 0.1) is 0 Å². The third-order valence-electron chi connectivity index (χ3n) is 2.48. The highest BCUT2D eigenvalue weighted by Crippen LogP contribution is 2.26. The number of halogens is 2. The first-order valence-corrected chi connectivity index (χ1v) is 8.64. The molecule has 0 saturated heterocycles. The van der Waals surface area contributed by atoms with Gasteiger partial charge in [0.25, 0.3) is 10.0 Å². The Labute approximate surface area is 133 Å². The molecular weight excluding hydrogens is 357 g/mol. The molecule has 0 aliphatic heterocycles. The van der Waals surface area contributed by atoms with Gasteiger partial charge in [-0.15, -0.1) is 11.3 Å². The molecule has 21 heavy (non-hydrogen) atoms. The summed E-state index contributed by atoms with van der Waals surface area (Å²) in [6.45, 7) is 1.67. The number of anilines is 1. The van der Waals surface area contributed by atoms with E-state index >= 15 is 0 Å². The van der Waals surface area contributed by atoms with E-state index in [0.717, 1.165) is 0 Å². The van der Waals surface area contributed by atoms with Gasteiger partial charge >= 0.3 is 0 Å². The third-order valence-corrected chi connectivity index (χ3v) is 5.16. The van der Waals surface area contributed by atoms with Gasteiger partial charge in [0.1, 0.15) is 5.15 Å². The number of sulfonamides is 1. The first-order chi connectivity index (χ1) is 9.87. The summed E-state index contributed by atoms with van der Waals surface area (Å²) in [4.78, 5) is 12.2. The Morgan fingerprint density at radius 3 is 2.76 bits per heavy atom. The van der Waals surface area contributed by atoms with E-state index in [1.54, 1.807) is 18.5 Å². The highest BCUT2D eigenvalue weighted by Gasteiger charge is 2.26. The molecule has 0 saturated carbocycles. The number of nitrogens with zero attached hydrogens (tertiary/aromatic N) is 4. The molecule has 0 aliphatic rings. The molecule has 3 heterocycles. The lowest BCUT2D eigenvalue weighted by atomic mass is 10.5. The molecule has 0 unspecified atom stereocenters. The Bertz CT molecular complexity index is 914. The zero-order valence-corrected chi connectivity index (χ0v) is 13.6. The van der Waals surface area contributed by atoms with Gasteiger partial charge in [0.2, 0.25) is 5.95 Å². The smallest absolute Gasteiger partial charge is 0.278 e. The van der Waals surface area contributed by atoms with E-state index in [1.807, 2.05) is 0 Å². The number of nitrogens with one attached hydrogen (secondary N) is 1. The molecular formula is C10H7Cl2N5O2S2. The van der Waals surface area contributed by atoms with Crippen LogP contribution in [0.3, 0.4) is 0 Å². The normalized spacial score (nSPS) is 12.0. The van der Waals surface area contributed by atoms with Gasteiger partial charge in [-0.3, -0.25) is 4.40 Å².